The molecule has 132 valence electrons. The van der Waals surface area contributed by atoms with E-state index in [2.05, 4.69) is 47.6 Å². The van der Waals surface area contributed by atoms with E-state index in [1.807, 2.05) is 32.2 Å². The summed E-state index contributed by atoms with van der Waals surface area (Å²) < 4.78 is 5.15. The molecule has 2 heterocycles. The van der Waals surface area contributed by atoms with Crippen molar-refractivity contribution in [2.24, 2.45) is 0 Å². The van der Waals surface area contributed by atoms with Crippen molar-refractivity contribution in [2.45, 2.75) is 40.4 Å². The Morgan fingerprint density at radius 2 is 2.00 bits per heavy atom. The lowest BCUT2D eigenvalue weighted by molar-refractivity contribution is -0.138. The summed E-state index contributed by atoms with van der Waals surface area (Å²) in [5.74, 6) is -0.308. The third-order valence-corrected chi connectivity index (χ3v) is 4.72. The van der Waals surface area contributed by atoms with Gasteiger partial charge in [-0.05, 0) is 56.5 Å². The minimum Gasteiger partial charge on any atom is -0.461 e. The van der Waals surface area contributed by atoms with Gasteiger partial charge in [0.1, 0.15) is 11.9 Å². The molecule has 0 aliphatic carbocycles. The smallest absolute Gasteiger partial charge is 0.356 e. The summed E-state index contributed by atoms with van der Waals surface area (Å²) in [7, 11) is 0. The summed E-state index contributed by atoms with van der Waals surface area (Å²) in [6.07, 6.45) is 5.91. The third kappa shape index (κ3) is 3.27. The molecule has 0 aromatic heterocycles. The largest absolute Gasteiger partial charge is 0.461 e. The van der Waals surface area contributed by atoms with Gasteiger partial charge in [-0.1, -0.05) is 18.2 Å². The molecule has 2 aliphatic heterocycles. The molecule has 0 radical (unpaired) electrons. The second-order valence-corrected chi connectivity index (χ2v) is 6.32. The number of aryl methyl sites for hydroxylation is 2. The lowest BCUT2D eigenvalue weighted by Crippen LogP contribution is -2.42. The Morgan fingerprint density at radius 3 is 2.68 bits per heavy atom. The summed E-state index contributed by atoms with van der Waals surface area (Å²) in [5.41, 5.74) is 6.29. The van der Waals surface area contributed by atoms with Gasteiger partial charge >= 0.3 is 5.97 Å². The van der Waals surface area contributed by atoms with Crippen molar-refractivity contribution in [1.82, 2.24) is 15.5 Å². The van der Waals surface area contributed by atoms with Gasteiger partial charge < -0.3 is 20.3 Å². The number of ether oxygens (including phenoxy) is 1. The van der Waals surface area contributed by atoms with Crippen molar-refractivity contribution in [1.29, 1.82) is 0 Å². The van der Waals surface area contributed by atoms with Crippen molar-refractivity contribution >= 4 is 5.97 Å². The van der Waals surface area contributed by atoms with Gasteiger partial charge in [0, 0.05) is 18.4 Å². The Hall–Kier alpha value is -2.69. The number of nitrogens with one attached hydrogen (secondary N) is 2. The first-order chi connectivity index (χ1) is 12.0. The maximum absolute atomic E-state index is 12.1. The molecule has 0 saturated carbocycles. The normalized spacial score (nSPS) is 18.6. The highest BCUT2D eigenvalue weighted by Gasteiger charge is 2.35. The fourth-order valence-electron chi connectivity index (χ4n) is 3.27. The van der Waals surface area contributed by atoms with Crippen LogP contribution in [-0.4, -0.2) is 23.6 Å². The van der Waals surface area contributed by atoms with Gasteiger partial charge in [-0.25, -0.2) is 4.79 Å². The standard InChI is InChI=1S/C20H25N3O2/c1-5-25-20(24)18-15(4)23-11-7-10-17(19(23)22-18)21-12-16-13(2)8-6-9-14(16)3/h6-11,19,21-22H,5,12H2,1-4H3. The van der Waals surface area contributed by atoms with Crippen molar-refractivity contribution in [3.8, 4) is 0 Å². The Morgan fingerprint density at radius 1 is 1.28 bits per heavy atom. The first-order valence-corrected chi connectivity index (χ1v) is 8.63. The lowest BCUT2D eigenvalue weighted by atomic mass is 10.0. The number of hydrogen-bond acceptors (Lipinski definition) is 5. The second kappa shape index (κ2) is 7.05. The van der Waals surface area contributed by atoms with Crippen LogP contribution in [0.5, 0.6) is 0 Å². The molecule has 3 rings (SSSR count). The van der Waals surface area contributed by atoms with Crippen molar-refractivity contribution in [3.63, 3.8) is 0 Å². The average molecular weight is 339 g/mol. The Bertz CT molecular complexity index is 757. The molecule has 0 spiro atoms. The Kier molecular flexibility index (Phi) is 4.83. The number of fused-ring (bicyclic) bond motifs is 1. The van der Waals surface area contributed by atoms with Crippen LogP contribution in [0.2, 0.25) is 0 Å². The lowest BCUT2D eigenvalue weighted by Gasteiger charge is -2.30. The van der Waals surface area contributed by atoms with Gasteiger partial charge in [-0.15, -0.1) is 0 Å². The topological polar surface area (TPSA) is 53.6 Å². The van der Waals surface area contributed by atoms with E-state index < -0.39 is 0 Å². The monoisotopic (exact) mass is 339 g/mol. The summed E-state index contributed by atoms with van der Waals surface area (Å²) in [6, 6.07) is 6.34. The van der Waals surface area contributed by atoms with Crippen molar-refractivity contribution in [3.05, 3.63) is 70.3 Å². The number of esters is 1. The maximum Gasteiger partial charge on any atom is 0.356 e. The first-order valence-electron chi connectivity index (χ1n) is 8.63. The molecule has 0 amide bonds. The van der Waals surface area contributed by atoms with Gasteiger partial charge in [0.2, 0.25) is 0 Å². The van der Waals surface area contributed by atoms with E-state index in [1.54, 1.807) is 0 Å². The number of nitrogens with zero attached hydrogens (tertiary/aromatic N) is 1. The predicted molar refractivity (Wildman–Crippen MR) is 98.1 cm³/mol. The van der Waals surface area contributed by atoms with Gasteiger partial charge in [0.25, 0.3) is 0 Å². The number of rotatable bonds is 5. The summed E-state index contributed by atoms with van der Waals surface area (Å²) in [4.78, 5) is 14.2. The van der Waals surface area contributed by atoms with E-state index in [0.29, 0.717) is 12.3 Å². The van der Waals surface area contributed by atoms with E-state index in [9.17, 15) is 4.79 Å². The molecule has 5 heteroatoms. The van der Waals surface area contributed by atoms with Gasteiger partial charge in [0.05, 0.1) is 12.3 Å². The number of allylic oxidation sites excluding steroid dienone is 3. The van der Waals surface area contributed by atoms with Crippen LogP contribution in [0, 0.1) is 13.8 Å². The number of carbonyl (C=O) groups excluding carboxylic acids is 1. The van der Waals surface area contributed by atoms with Crippen LogP contribution in [0.25, 0.3) is 0 Å². The molecule has 2 aliphatic rings. The number of carbonyl (C=O) groups is 1. The highest BCUT2D eigenvalue weighted by molar-refractivity contribution is 5.89. The van der Waals surface area contributed by atoms with Crippen LogP contribution in [0.4, 0.5) is 0 Å². The zero-order chi connectivity index (χ0) is 18.0. The van der Waals surface area contributed by atoms with E-state index in [-0.39, 0.29) is 12.1 Å². The fraction of sp³-hybridized carbons (Fsp3) is 0.350. The van der Waals surface area contributed by atoms with Crippen LogP contribution in [0.3, 0.4) is 0 Å². The highest BCUT2D eigenvalue weighted by atomic mass is 16.5. The van der Waals surface area contributed by atoms with Crippen molar-refractivity contribution < 1.29 is 9.53 Å². The summed E-state index contributed by atoms with van der Waals surface area (Å²) in [5, 5.41) is 6.82. The molecule has 0 fully saturated rings. The molecule has 1 atom stereocenters. The van der Waals surface area contributed by atoms with E-state index in [4.69, 9.17) is 4.74 Å². The fourth-order valence-corrected chi connectivity index (χ4v) is 3.27. The van der Waals surface area contributed by atoms with Gasteiger partial charge in [0.15, 0.2) is 0 Å². The minimum absolute atomic E-state index is 0.103. The minimum atomic E-state index is -0.308. The summed E-state index contributed by atoms with van der Waals surface area (Å²) in [6.45, 7) is 9.11. The quantitative estimate of drug-likeness (QED) is 0.808. The third-order valence-electron chi connectivity index (χ3n) is 4.72. The van der Waals surface area contributed by atoms with Crippen LogP contribution < -0.4 is 10.6 Å². The van der Waals surface area contributed by atoms with Gasteiger partial charge in [-0.2, -0.15) is 0 Å². The van der Waals surface area contributed by atoms with Crippen LogP contribution >= 0.6 is 0 Å². The van der Waals surface area contributed by atoms with Crippen LogP contribution in [0.1, 0.15) is 30.5 Å². The molecule has 0 saturated heterocycles. The number of benzene rings is 1. The Balaban J connectivity index is 1.74. The molecule has 5 nitrogen and oxygen atoms in total. The molecule has 2 N–H and O–H groups in total. The highest BCUT2D eigenvalue weighted by Crippen LogP contribution is 2.27. The molecular formula is C20H25N3O2. The molecule has 1 unspecified atom stereocenters. The van der Waals surface area contributed by atoms with Gasteiger partial charge in [-0.3, -0.25) is 0 Å². The predicted octanol–water partition coefficient (Wildman–Crippen LogP) is 2.83. The summed E-state index contributed by atoms with van der Waals surface area (Å²) >= 11 is 0. The SMILES string of the molecule is CCOC(=O)C1=C(C)N2C=CC=C(NCc3c(C)cccc3C)C2N1. The zero-order valence-electron chi connectivity index (χ0n) is 15.2. The number of hydrogen-bond donors (Lipinski definition) is 2. The molecule has 1 aromatic rings. The van der Waals surface area contributed by atoms with Crippen molar-refractivity contribution in [2.75, 3.05) is 6.61 Å². The van der Waals surface area contributed by atoms with E-state index in [0.717, 1.165) is 17.9 Å². The molecule has 0 bridgehead atoms. The zero-order valence-corrected chi connectivity index (χ0v) is 15.2. The van der Waals surface area contributed by atoms with Crippen LogP contribution in [-0.2, 0) is 16.1 Å². The first kappa shape index (κ1) is 17.1. The molecular weight excluding hydrogens is 314 g/mol. The second-order valence-electron chi connectivity index (χ2n) is 6.32. The van der Waals surface area contributed by atoms with E-state index in [1.165, 1.54) is 16.7 Å². The van der Waals surface area contributed by atoms with Crippen LogP contribution in [0.15, 0.2) is 53.6 Å². The molecule has 25 heavy (non-hydrogen) atoms. The molecule has 1 aromatic carbocycles. The maximum atomic E-state index is 12.1. The van der Waals surface area contributed by atoms with E-state index >= 15 is 0 Å². The average Bonchev–Trinajstić information content (AvgIpc) is 2.93. The Labute approximate surface area is 149 Å².